The van der Waals surface area contributed by atoms with Gasteiger partial charge in [0.1, 0.15) is 0 Å². The van der Waals surface area contributed by atoms with Crippen LogP contribution >= 0.6 is 36.0 Å². The maximum absolute atomic E-state index is 12.0. The van der Waals surface area contributed by atoms with Crippen molar-refractivity contribution in [2.75, 3.05) is 11.5 Å². The van der Waals surface area contributed by atoms with Crippen molar-refractivity contribution >= 4 is 41.9 Å². The molecule has 1 aliphatic rings. The molecule has 1 aliphatic heterocycles. The Morgan fingerprint density at radius 1 is 1.53 bits per heavy atom. The van der Waals surface area contributed by atoms with Gasteiger partial charge < -0.3 is 5.32 Å². The maximum atomic E-state index is 12.0. The number of carbonyl (C=O) groups is 1. The molecule has 0 bridgehead atoms. The molecule has 0 radical (unpaired) electrons. The predicted octanol–water partition coefficient (Wildman–Crippen LogP) is 3.25. The summed E-state index contributed by atoms with van der Waals surface area (Å²) in [6.45, 7) is 0. The lowest BCUT2D eigenvalue weighted by Crippen LogP contribution is -2.38. The molecule has 2 nitrogen and oxygen atoms in total. The molecule has 0 aliphatic carbocycles. The molecule has 0 saturated carbocycles. The zero-order valence-electron chi connectivity index (χ0n) is 9.28. The van der Waals surface area contributed by atoms with E-state index >= 15 is 0 Å². The molecule has 17 heavy (non-hydrogen) atoms. The molecule has 1 atom stereocenters. The molecule has 92 valence electrons. The van der Waals surface area contributed by atoms with Gasteiger partial charge in [-0.15, -0.1) is 12.6 Å². The topological polar surface area (TPSA) is 29.1 Å². The Bertz CT molecular complexity index is 419. The van der Waals surface area contributed by atoms with Gasteiger partial charge in [-0.3, -0.25) is 4.79 Å². The normalized spacial score (nSPS) is 20.0. The van der Waals surface area contributed by atoms with Gasteiger partial charge in [0, 0.05) is 16.7 Å². The number of hydrogen-bond acceptors (Lipinski definition) is 3. The van der Waals surface area contributed by atoms with Crippen LogP contribution < -0.4 is 5.32 Å². The first-order valence-corrected chi connectivity index (χ1v) is 7.52. The zero-order valence-corrected chi connectivity index (χ0v) is 11.7. The van der Waals surface area contributed by atoms with Crippen molar-refractivity contribution in [3.8, 4) is 0 Å². The van der Waals surface area contributed by atoms with Crippen LogP contribution in [0.1, 0.15) is 23.2 Å². The molecule has 1 aromatic rings. The molecule has 0 spiro atoms. The van der Waals surface area contributed by atoms with E-state index in [9.17, 15) is 4.79 Å². The summed E-state index contributed by atoms with van der Waals surface area (Å²) < 4.78 is 0. The van der Waals surface area contributed by atoms with Crippen LogP contribution in [0.5, 0.6) is 0 Å². The number of amides is 1. The molecule has 0 aromatic heterocycles. The highest BCUT2D eigenvalue weighted by Gasteiger charge is 2.18. The predicted molar refractivity (Wildman–Crippen MR) is 76.5 cm³/mol. The molecule has 1 N–H and O–H groups in total. The first-order valence-electron chi connectivity index (χ1n) is 5.54. The Morgan fingerprint density at radius 2 is 2.35 bits per heavy atom. The Morgan fingerprint density at radius 3 is 3.06 bits per heavy atom. The molecular weight excluding hydrogens is 274 g/mol. The van der Waals surface area contributed by atoms with Crippen molar-refractivity contribution in [3.05, 3.63) is 28.8 Å². The Kier molecular flexibility index (Phi) is 4.65. The Hall–Kier alpha value is -0.320. The second-order valence-corrected chi connectivity index (χ2v) is 6.13. The van der Waals surface area contributed by atoms with E-state index in [0.29, 0.717) is 10.6 Å². The van der Waals surface area contributed by atoms with Crippen LogP contribution in [0.25, 0.3) is 0 Å². The highest BCUT2D eigenvalue weighted by atomic mass is 35.5. The van der Waals surface area contributed by atoms with Gasteiger partial charge in [0.15, 0.2) is 0 Å². The highest BCUT2D eigenvalue weighted by molar-refractivity contribution is 7.99. The van der Waals surface area contributed by atoms with E-state index in [1.165, 1.54) is 5.75 Å². The molecule has 1 amide bonds. The molecule has 1 heterocycles. The van der Waals surface area contributed by atoms with Crippen molar-refractivity contribution < 1.29 is 4.79 Å². The fourth-order valence-corrected chi connectivity index (χ4v) is 3.28. The number of carbonyl (C=O) groups excluding carboxylic acids is 1. The standard InChI is InChI=1S/C12H14ClNOS2/c13-11-4-3-9(16)6-10(11)12(15)14-8-2-1-5-17-7-8/h3-4,6,8,16H,1-2,5,7H2,(H,14,15). The first kappa shape index (κ1) is 13.1. The summed E-state index contributed by atoms with van der Waals surface area (Å²) in [6.07, 6.45) is 2.22. The van der Waals surface area contributed by atoms with Gasteiger partial charge in [0.2, 0.25) is 0 Å². The third-order valence-corrected chi connectivity index (χ3v) is 4.51. The second-order valence-electron chi connectivity index (χ2n) is 4.05. The molecule has 1 fully saturated rings. The molecule has 1 unspecified atom stereocenters. The van der Waals surface area contributed by atoms with Crippen LogP contribution in [-0.2, 0) is 0 Å². The molecule has 1 aromatic carbocycles. The van der Waals surface area contributed by atoms with Crippen LogP contribution in [0.3, 0.4) is 0 Å². The average molecular weight is 288 g/mol. The summed E-state index contributed by atoms with van der Waals surface area (Å²) in [5.41, 5.74) is 0.509. The largest absolute Gasteiger partial charge is 0.348 e. The summed E-state index contributed by atoms with van der Waals surface area (Å²) in [6, 6.07) is 5.45. The number of rotatable bonds is 2. The minimum absolute atomic E-state index is 0.0987. The van der Waals surface area contributed by atoms with E-state index in [1.54, 1.807) is 18.2 Å². The third-order valence-electron chi connectivity index (χ3n) is 2.69. The monoisotopic (exact) mass is 287 g/mol. The average Bonchev–Trinajstić information content (AvgIpc) is 2.33. The Labute approximate surface area is 116 Å². The summed E-state index contributed by atoms with van der Waals surface area (Å²) in [4.78, 5) is 12.8. The highest BCUT2D eigenvalue weighted by Crippen LogP contribution is 2.21. The van der Waals surface area contributed by atoms with Crippen molar-refractivity contribution in [3.63, 3.8) is 0 Å². The number of hydrogen-bond donors (Lipinski definition) is 2. The zero-order chi connectivity index (χ0) is 12.3. The third kappa shape index (κ3) is 3.57. The van der Waals surface area contributed by atoms with E-state index < -0.39 is 0 Å². The summed E-state index contributed by atoms with van der Waals surface area (Å²) >= 11 is 12.1. The van der Waals surface area contributed by atoms with Gasteiger partial charge in [-0.05, 0) is 36.8 Å². The smallest absolute Gasteiger partial charge is 0.253 e. The minimum Gasteiger partial charge on any atom is -0.348 e. The lowest BCUT2D eigenvalue weighted by atomic mass is 10.1. The number of thiol groups is 1. The van der Waals surface area contributed by atoms with E-state index in [2.05, 4.69) is 17.9 Å². The fourth-order valence-electron chi connectivity index (χ4n) is 1.80. The summed E-state index contributed by atoms with van der Waals surface area (Å²) in [5.74, 6) is 2.09. The maximum Gasteiger partial charge on any atom is 0.253 e. The van der Waals surface area contributed by atoms with E-state index in [1.807, 2.05) is 11.8 Å². The van der Waals surface area contributed by atoms with E-state index in [0.717, 1.165) is 23.5 Å². The lowest BCUT2D eigenvalue weighted by Gasteiger charge is -2.22. The number of nitrogens with one attached hydrogen (secondary N) is 1. The van der Waals surface area contributed by atoms with Gasteiger partial charge in [-0.1, -0.05) is 11.6 Å². The van der Waals surface area contributed by atoms with Crippen molar-refractivity contribution in [1.82, 2.24) is 5.32 Å². The van der Waals surface area contributed by atoms with Gasteiger partial charge >= 0.3 is 0 Å². The summed E-state index contributed by atoms with van der Waals surface area (Å²) in [7, 11) is 0. The van der Waals surface area contributed by atoms with Crippen LogP contribution in [0, 0.1) is 0 Å². The Balaban J connectivity index is 2.05. The number of benzene rings is 1. The second kappa shape index (κ2) is 6.03. The van der Waals surface area contributed by atoms with Gasteiger partial charge in [-0.2, -0.15) is 11.8 Å². The molecule has 5 heteroatoms. The van der Waals surface area contributed by atoms with Gasteiger partial charge in [-0.25, -0.2) is 0 Å². The number of halogens is 1. The van der Waals surface area contributed by atoms with Crippen molar-refractivity contribution in [2.24, 2.45) is 0 Å². The molecule has 1 saturated heterocycles. The molecule has 2 rings (SSSR count). The van der Waals surface area contributed by atoms with Crippen LogP contribution in [0.2, 0.25) is 5.02 Å². The van der Waals surface area contributed by atoms with Crippen molar-refractivity contribution in [2.45, 2.75) is 23.8 Å². The van der Waals surface area contributed by atoms with E-state index in [-0.39, 0.29) is 11.9 Å². The van der Waals surface area contributed by atoms with Crippen LogP contribution in [0.15, 0.2) is 23.1 Å². The van der Waals surface area contributed by atoms with Gasteiger partial charge in [0.05, 0.1) is 10.6 Å². The van der Waals surface area contributed by atoms with Crippen LogP contribution in [-0.4, -0.2) is 23.5 Å². The molecular formula is C12H14ClNOS2. The minimum atomic E-state index is -0.0987. The van der Waals surface area contributed by atoms with Crippen molar-refractivity contribution in [1.29, 1.82) is 0 Å². The van der Waals surface area contributed by atoms with E-state index in [4.69, 9.17) is 11.6 Å². The quantitative estimate of drug-likeness (QED) is 0.818. The summed E-state index contributed by atoms with van der Waals surface area (Å²) in [5, 5.41) is 3.50. The first-order chi connectivity index (χ1) is 8.16. The van der Waals surface area contributed by atoms with Gasteiger partial charge in [0.25, 0.3) is 5.91 Å². The number of thioether (sulfide) groups is 1. The lowest BCUT2D eigenvalue weighted by molar-refractivity contribution is 0.0938. The SMILES string of the molecule is O=C(NC1CCCSC1)c1cc(S)ccc1Cl. The van der Waals surface area contributed by atoms with Crippen LogP contribution in [0.4, 0.5) is 0 Å². The fraction of sp³-hybridized carbons (Fsp3) is 0.417.